The van der Waals surface area contributed by atoms with Crippen molar-refractivity contribution in [3.8, 4) is 0 Å². The minimum atomic E-state index is 0.315. The Morgan fingerprint density at radius 3 is 2.75 bits per heavy atom. The Morgan fingerprint density at radius 2 is 2.25 bits per heavy atom. The highest BCUT2D eigenvalue weighted by atomic mass is 16.3. The summed E-state index contributed by atoms with van der Waals surface area (Å²) in [7, 11) is 0. The van der Waals surface area contributed by atoms with E-state index < -0.39 is 0 Å². The molecule has 2 heteroatoms. The number of rotatable bonds is 4. The lowest BCUT2D eigenvalue weighted by molar-refractivity contribution is 0.394. The standard InChI is InChI=1S/C10H17NO/c1-4-8(2)11-9(3)10-6-5-7-12-10/h5-9,11H,4H2,1-3H3/t8-,9+/m1/s1. The molecule has 68 valence electrons. The van der Waals surface area contributed by atoms with E-state index in [-0.39, 0.29) is 0 Å². The molecule has 2 nitrogen and oxygen atoms in total. The molecule has 0 aliphatic heterocycles. The Morgan fingerprint density at radius 1 is 1.50 bits per heavy atom. The van der Waals surface area contributed by atoms with E-state index in [0.717, 1.165) is 12.2 Å². The van der Waals surface area contributed by atoms with Gasteiger partial charge in [-0.3, -0.25) is 0 Å². The summed E-state index contributed by atoms with van der Waals surface area (Å²) in [6.07, 6.45) is 2.86. The zero-order valence-electron chi connectivity index (χ0n) is 8.00. The van der Waals surface area contributed by atoms with E-state index in [4.69, 9.17) is 4.42 Å². The van der Waals surface area contributed by atoms with Crippen LogP contribution in [0.1, 0.15) is 39.0 Å². The lowest BCUT2D eigenvalue weighted by atomic mass is 10.2. The zero-order chi connectivity index (χ0) is 8.97. The molecular formula is C10H17NO. The van der Waals surface area contributed by atoms with E-state index in [1.165, 1.54) is 0 Å². The maximum atomic E-state index is 5.28. The summed E-state index contributed by atoms with van der Waals surface area (Å²) in [5.74, 6) is 1.01. The molecule has 0 radical (unpaired) electrons. The highest BCUT2D eigenvalue weighted by Crippen LogP contribution is 2.13. The minimum Gasteiger partial charge on any atom is -0.468 e. The van der Waals surface area contributed by atoms with Crippen LogP contribution >= 0.6 is 0 Å². The monoisotopic (exact) mass is 167 g/mol. The Kier molecular flexibility index (Phi) is 3.35. The van der Waals surface area contributed by atoms with Crippen LogP contribution in [0.15, 0.2) is 22.8 Å². The van der Waals surface area contributed by atoms with Crippen molar-refractivity contribution < 1.29 is 4.42 Å². The molecular weight excluding hydrogens is 150 g/mol. The van der Waals surface area contributed by atoms with E-state index in [2.05, 4.69) is 26.1 Å². The van der Waals surface area contributed by atoms with Gasteiger partial charge in [0.1, 0.15) is 5.76 Å². The average molecular weight is 167 g/mol. The fraction of sp³-hybridized carbons (Fsp3) is 0.600. The SMILES string of the molecule is CC[C@@H](C)N[C@@H](C)c1ccco1. The molecule has 2 atom stereocenters. The fourth-order valence-electron chi connectivity index (χ4n) is 1.16. The molecule has 0 aliphatic rings. The van der Waals surface area contributed by atoms with Crippen molar-refractivity contribution in [1.82, 2.24) is 5.32 Å². The van der Waals surface area contributed by atoms with E-state index in [0.29, 0.717) is 12.1 Å². The number of nitrogens with one attached hydrogen (secondary N) is 1. The Labute approximate surface area is 74.0 Å². The predicted octanol–water partition coefficient (Wildman–Crippen LogP) is 2.73. The molecule has 12 heavy (non-hydrogen) atoms. The second-order valence-electron chi connectivity index (χ2n) is 3.21. The lowest BCUT2D eigenvalue weighted by Crippen LogP contribution is -2.27. The molecule has 0 fully saturated rings. The third-order valence-electron chi connectivity index (χ3n) is 2.12. The topological polar surface area (TPSA) is 25.2 Å². The summed E-state index contributed by atoms with van der Waals surface area (Å²) < 4.78 is 5.28. The molecule has 0 unspecified atom stereocenters. The van der Waals surface area contributed by atoms with Crippen LogP contribution in [0, 0.1) is 0 Å². The van der Waals surface area contributed by atoms with E-state index in [1.54, 1.807) is 6.26 Å². The number of hydrogen-bond acceptors (Lipinski definition) is 2. The van der Waals surface area contributed by atoms with Gasteiger partial charge in [-0.25, -0.2) is 0 Å². The van der Waals surface area contributed by atoms with Crippen molar-refractivity contribution in [3.63, 3.8) is 0 Å². The minimum absolute atomic E-state index is 0.315. The van der Waals surface area contributed by atoms with Crippen molar-refractivity contribution in [3.05, 3.63) is 24.2 Å². The van der Waals surface area contributed by atoms with Crippen LogP contribution in [0.25, 0.3) is 0 Å². The zero-order valence-corrected chi connectivity index (χ0v) is 8.00. The molecule has 0 saturated heterocycles. The molecule has 0 aliphatic carbocycles. The van der Waals surface area contributed by atoms with Gasteiger partial charge in [-0.15, -0.1) is 0 Å². The normalized spacial score (nSPS) is 15.9. The maximum absolute atomic E-state index is 5.28. The molecule has 1 rings (SSSR count). The van der Waals surface area contributed by atoms with Crippen LogP contribution in [0.2, 0.25) is 0 Å². The number of furan rings is 1. The van der Waals surface area contributed by atoms with Crippen molar-refractivity contribution >= 4 is 0 Å². The average Bonchev–Trinajstić information content (AvgIpc) is 2.56. The molecule has 1 aromatic rings. The molecule has 0 saturated carbocycles. The van der Waals surface area contributed by atoms with Crippen LogP contribution in [-0.4, -0.2) is 6.04 Å². The van der Waals surface area contributed by atoms with Crippen LogP contribution < -0.4 is 5.32 Å². The van der Waals surface area contributed by atoms with Gasteiger partial charge < -0.3 is 9.73 Å². The van der Waals surface area contributed by atoms with Crippen LogP contribution in [0.3, 0.4) is 0 Å². The van der Waals surface area contributed by atoms with Crippen molar-refractivity contribution in [2.24, 2.45) is 0 Å². The molecule has 1 aromatic heterocycles. The molecule has 0 spiro atoms. The molecule has 1 N–H and O–H groups in total. The van der Waals surface area contributed by atoms with Gasteiger partial charge in [0, 0.05) is 6.04 Å². The first-order chi connectivity index (χ1) is 5.74. The summed E-state index contributed by atoms with van der Waals surface area (Å²) in [4.78, 5) is 0. The third-order valence-corrected chi connectivity index (χ3v) is 2.12. The summed E-state index contributed by atoms with van der Waals surface area (Å²) in [5, 5.41) is 3.44. The quantitative estimate of drug-likeness (QED) is 0.746. The summed E-state index contributed by atoms with van der Waals surface area (Å²) >= 11 is 0. The first-order valence-corrected chi connectivity index (χ1v) is 4.53. The van der Waals surface area contributed by atoms with Crippen molar-refractivity contribution in [2.45, 2.75) is 39.3 Å². The summed E-state index contributed by atoms with van der Waals surface area (Å²) in [6, 6.07) is 4.78. The first kappa shape index (κ1) is 9.33. The lowest BCUT2D eigenvalue weighted by Gasteiger charge is -2.16. The maximum Gasteiger partial charge on any atom is 0.120 e. The van der Waals surface area contributed by atoms with Gasteiger partial charge >= 0.3 is 0 Å². The van der Waals surface area contributed by atoms with Gasteiger partial charge in [0.15, 0.2) is 0 Å². The predicted molar refractivity (Wildman–Crippen MR) is 50.0 cm³/mol. The van der Waals surface area contributed by atoms with Gasteiger partial charge in [-0.1, -0.05) is 6.92 Å². The third kappa shape index (κ3) is 2.38. The van der Waals surface area contributed by atoms with Crippen molar-refractivity contribution in [1.29, 1.82) is 0 Å². The molecule has 0 aromatic carbocycles. The van der Waals surface area contributed by atoms with Crippen molar-refractivity contribution in [2.75, 3.05) is 0 Å². The largest absolute Gasteiger partial charge is 0.468 e. The Bertz CT molecular complexity index is 206. The second-order valence-corrected chi connectivity index (χ2v) is 3.21. The van der Waals surface area contributed by atoms with Crippen LogP contribution in [0.5, 0.6) is 0 Å². The van der Waals surface area contributed by atoms with E-state index in [9.17, 15) is 0 Å². The van der Waals surface area contributed by atoms with Gasteiger partial charge in [-0.2, -0.15) is 0 Å². The number of hydrogen-bond donors (Lipinski definition) is 1. The molecule has 1 heterocycles. The van der Waals surface area contributed by atoms with Gasteiger partial charge in [0.25, 0.3) is 0 Å². The van der Waals surface area contributed by atoms with E-state index in [1.807, 2.05) is 12.1 Å². The molecule has 0 amide bonds. The van der Waals surface area contributed by atoms with Gasteiger partial charge in [0.2, 0.25) is 0 Å². The first-order valence-electron chi connectivity index (χ1n) is 4.53. The van der Waals surface area contributed by atoms with E-state index >= 15 is 0 Å². The highest BCUT2D eigenvalue weighted by molar-refractivity contribution is 5.03. The Hall–Kier alpha value is -0.760. The van der Waals surface area contributed by atoms with Crippen LogP contribution in [-0.2, 0) is 0 Å². The summed E-state index contributed by atoms with van der Waals surface area (Å²) in [5.41, 5.74) is 0. The highest BCUT2D eigenvalue weighted by Gasteiger charge is 2.09. The fourth-order valence-corrected chi connectivity index (χ4v) is 1.16. The second kappa shape index (κ2) is 4.31. The van der Waals surface area contributed by atoms with Gasteiger partial charge in [-0.05, 0) is 32.4 Å². The summed E-state index contributed by atoms with van der Waals surface area (Å²) in [6.45, 7) is 6.47. The Balaban J connectivity index is 2.44. The molecule has 0 bridgehead atoms. The van der Waals surface area contributed by atoms with Crippen LogP contribution in [0.4, 0.5) is 0 Å². The van der Waals surface area contributed by atoms with Gasteiger partial charge in [0.05, 0.1) is 12.3 Å². The smallest absolute Gasteiger partial charge is 0.120 e.